The monoisotopic (exact) mass is 463 g/mol. The Morgan fingerprint density at radius 3 is 2.24 bits per heavy atom. The molecule has 1 unspecified atom stereocenters. The van der Waals surface area contributed by atoms with Crippen LogP contribution in [0.4, 0.5) is 5.82 Å². The summed E-state index contributed by atoms with van der Waals surface area (Å²) in [6, 6.07) is 13.4. The highest BCUT2D eigenvalue weighted by molar-refractivity contribution is 8.00. The highest BCUT2D eigenvalue weighted by Gasteiger charge is 2.37. The van der Waals surface area contributed by atoms with Gasteiger partial charge >= 0.3 is 0 Å². The number of rotatable bonds is 7. The van der Waals surface area contributed by atoms with E-state index in [4.69, 9.17) is 17.2 Å². The van der Waals surface area contributed by atoms with Crippen molar-refractivity contribution in [3.63, 3.8) is 0 Å². The minimum Gasteiger partial charge on any atom is -0.368 e. The van der Waals surface area contributed by atoms with Crippen LogP contribution in [0.25, 0.3) is 0 Å². The van der Waals surface area contributed by atoms with Gasteiger partial charge in [-0.15, -0.1) is 0 Å². The molecule has 0 saturated carbocycles. The Morgan fingerprint density at radius 1 is 1.15 bits per heavy atom. The van der Waals surface area contributed by atoms with Crippen molar-refractivity contribution in [2.24, 2.45) is 17.2 Å². The van der Waals surface area contributed by atoms with Gasteiger partial charge in [-0.25, -0.2) is 4.98 Å². The van der Waals surface area contributed by atoms with Crippen molar-refractivity contribution in [3.8, 4) is 12.1 Å². The topological polar surface area (TPSA) is 176 Å². The predicted molar refractivity (Wildman–Crippen MR) is 125 cm³/mol. The summed E-state index contributed by atoms with van der Waals surface area (Å²) in [4.78, 5) is 30.5. The van der Waals surface area contributed by atoms with E-state index in [9.17, 15) is 20.1 Å². The normalized spacial score (nSPS) is 15.8. The van der Waals surface area contributed by atoms with Gasteiger partial charge in [-0.2, -0.15) is 10.5 Å². The fourth-order valence-electron chi connectivity index (χ4n) is 3.89. The average molecular weight is 464 g/mol. The number of piperidine rings is 1. The van der Waals surface area contributed by atoms with Crippen molar-refractivity contribution >= 4 is 29.4 Å². The number of primary amides is 2. The maximum atomic E-state index is 12.3. The molecule has 2 heterocycles. The molecule has 33 heavy (non-hydrogen) atoms. The lowest BCUT2D eigenvalue weighted by atomic mass is 9.87. The van der Waals surface area contributed by atoms with E-state index in [1.165, 1.54) is 0 Å². The average Bonchev–Trinajstić information content (AvgIpc) is 2.82. The molecule has 1 atom stereocenters. The van der Waals surface area contributed by atoms with Crippen molar-refractivity contribution in [1.29, 1.82) is 10.5 Å². The highest BCUT2D eigenvalue weighted by Crippen LogP contribution is 2.40. The number of thioether (sulfide) groups is 1. The first-order chi connectivity index (χ1) is 15.8. The molecule has 9 nitrogen and oxygen atoms in total. The van der Waals surface area contributed by atoms with Crippen LogP contribution in [0, 0.1) is 22.7 Å². The van der Waals surface area contributed by atoms with E-state index in [0.717, 1.165) is 11.8 Å². The van der Waals surface area contributed by atoms with Crippen LogP contribution in [-0.2, 0) is 16.0 Å². The number of aromatic nitrogens is 1. The molecule has 1 aliphatic rings. The zero-order valence-corrected chi connectivity index (χ0v) is 19.1. The van der Waals surface area contributed by atoms with E-state index in [0.29, 0.717) is 59.9 Å². The van der Waals surface area contributed by atoms with E-state index in [-0.39, 0.29) is 5.56 Å². The van der Waals surface area contributed by atoms with Crippen LogP contribution in [-0.4, -0.2) is 35.4 Å². The van der Waals surface area contributed by atoms with Crippen molar-refractivity contribution in [3.05, 3.63) is 52.6 Å². The molecule has 1 aliphatic heterocycles. The first-order valence-electron chi connectivity index (χ1n) is 10.5. The Kier molecular flexibility index (Phi) is 7.22. The van der Waals surface area contributed by atoms with Crippen LogP contribution in [0.1, 0.15) is 47.3 Å². The third-order valence-corrected chi connectivity index (χ3v) is 7.12. The first-order valence-corrected chi connectivity index (χ1v) is 11.4. The van der Waals surface area contributed by atoms with Crippen molar-refractivity contribution in [1.82, 2.24) is 4.98 Å². The van der Waals surface area contributed by atoms with Gasteiger partial charge in [0.1, 0.15) is 28.2 Å². The molecule has 1 aromatic heterocycles. The molecule has 10 heteroatoms. The summed E-state index contributed by atoms with van der Waals surface area (Å²) in [6.07, 6.45) is 1.05. The summed E-state index contributed by atoms with van der Waals surface area (Å²) in [6.45, 7) is 2.60. The number of nitrogens with two attached hydrogens (primary N) is 3. The molecule has 0 aliphatic carbocycles. The number of benzene rings is 1. The molecule has 0 bridgehead atoms. The number of pyridine rings is 1. The summed E-state index contributed by atoms with van der Waals surface area (Å²) < 4.78 is 0. The third kappa shape index (κ3) is 4.77. The fraction of sp³-hybridized carbons (Fsp3) is 0.348. The second-order valence-electron chi connectivity index (χ2n) is 7.86. The first kappa shape index (κ1) is 24.1. The molecule has 2 aromatic rings. The quantitative estimate of drug-likeness (QED) is 0.517. The Bertz CT molecular complexity index is 1150. The maximum absolute atomic E-state index is 12.3. The fourth-order valence-corrected chi connectivity index (χ4v) is 4.95. The van der Waals surface area contributed by atoms with Crippen LogP contribution >= 0.6 is 11.8 Å². The number of hydrogen-bond acceptors (Lipinski definition) is 8. The summed E-state index contributed by atoms with van der Waals surface area (Å²) in [5, 5.41) is 19.4. The van der Waals surface area contributed by atoms with Crippen LogP contribution in [0.5, 0.6) is 0 Å². The maximum Gasteiger partial charge on any atom is 0.237 e. The summed E-state index contributed by atoms with van der Waals surface area (Å²) in [7, 11) is 0. The zero-order valence-electron chi connectivity index (χ0n) is 18.2. The molecular formula is C23H25N7O2S. The Hall–Kier alpha value is -3.60. The van der Waals surface area contributed by atoms with Gasteiger partial charge in [-0.1, -0.05) is 49.0 Å². The number of anilines is 1. The van der Waals surface area contributed by atoms with E-state index >= 15 is 0 Å². The Labute approximate surface area is 196 Å². The van der Waals surface area contributed by atoms with Crippen LogP contribution in [0.2, 0.25) is 0 Å². The Balaban J connectivity index is 2.08. The molecule has 3 rings (SSSR count). The predicted octanol–water partition coefficient (Wildman–Crippen LogP) is 1.49. The number of carbonyl (C=O) groups is 2. The van der Waals surface area contributed by atoms with Crippen LogP contribution in [0.15, 0.2) is 35.4 Å². The lowest BCUT2D eigenvalue weighted by molar-refractivity contribution is -0.123. The van der Waals surface area contributed by atoms with Gasteiger partial charge in [0, 0.05) is 13.1 Å². The zero-order chi connectivity index (χ0) is 24.2. The molecule has 2 amide bonds. The molecular weight excluding hydrogens is 438 g/mol. The molecule has 0 radical (unpaired) electrons. The van der Waals surface area contributed by atoms with Gasteiger partial charge in [0.25, 0.3) is 0 Å². The number of nitrogens with zero attached hydrogens (tertiary/aromatic N) is 4. The largest absolute Gasteiger partial charge is 0.368 e. The second kappa shape index (κ2) is 9.90. The van der Waals surface area contributed by atoms with Gasteiger partial charge in [-0.3, -0.25) is 9.59 Å². The molecule has 0 spiro atoms. The molecule has 1 aromatic carbocycles. The molecule has 170 valence electrons. The smallest absolute Gasteiger partial charge is 0.237 e. The number of nitriles is 2. The minimum absolute atomic E-state index is 0.257. The molecule has 1 fully saturated rings. The van der Waals surface area contributed by atoms with E-state index < -0.39 is 22.6 Å². The van der Waals surface area contributed by atoms with Gasteiger partial charge in [0.2, 0.25) is 11.8 Å². The van der Waals surface area contributed by atoms with E-state index in [1.807, 2.05) is 17.9 Å². The lowest BCUT2D eigenvalue weighted by Crippen LogP contribution is -2.58. The molecule has 1 saturated heterocycles. The van der Waals surface area contributed by atoms with Crippen LogP contribution < -0.4 is 22.1 Å². The van der Waals surface area contributed by atoms with Gasteiger partial charge in [-0.05, 0) is 30.4 Å². The number of hydrogen-bond donors (Lipinski definition) is 3. The third-order valence-electron chi connectivity index (χ3n) is 5.86. The van der Waals surface area contributed by atoms with Gasteiger partial charge < -0.3 is 22.1 Å². The number of amides is 2. The summed E-state index contributed by atoms with van der Waals surface area (Å²) in [5.41, 5.74) is 18.0. The second-order valence-corrected chi connectivity index (χ2v) is 8.96. The standard InChI is InChI=1S/C23H25N7O2S/c1-2-15-16(12-24)20(30-10-8-23(28,9-11-30)22(27)32)29-21(17(15)13-25)33-18(19(26)31)14-6-4-3-5-7-14/h3-7,18H,2,8-11,28H2,1H3,(H2,26,31)(H2,27,32). The van der Waals surface area contributed by atoms with Crippen molar-refractivity contribution in [2.45, 2.75) is 42.0 Å². The van der Waals surface area contributed by atoms with Gasteiger partial charge in [0.05, 0.1) is 16.7 Å². The summed E-state index contributed by atoms with van der Waals surface area (Å²) >= 11 is 1.09. The van der Waals surface area contributed by atoms with E-state index in [1.54, 1.807) is 24.3 Å². The van der Waals surface area contributed by atoms with Crippen molar-refractivity contribution < 1.29 is 9.59 Å². The highest BCUT2D eigenvalue weighted by atomic mass is 32.2. The van der Waals surface area contributed by atoms with Crippen LogP contribution in [0.3, 0.4) is 0 Å². The molecule has 6 N–H and O–H groups in total. The lowest BCUT2D eigenvalue weighted by Gasteiger charge is -2.38. The minimum atomic E-state index is -1.11. The summed E-state index contributed by atoms with van der Waals surface area (Å²) in [5.74, 6) is -0.722. The SMILES string of the molecule is CCc1c(C#N)c(SC(C(N)=O)c2ccccc2)nc(N2CCC(N)(C(N)=O)CC2)c1C#N. The Morgan fingerprint density at radius 2 is 1.76 bits per heavy atom. The van der Waals surface area contributed by atoms with Gasteiger partial charge in [0.15, 0.2) is 0 Å². The number of carbonyl (C=O) groups excluding carboxylic acids is 2. The van der Waals surface area contributed by atoms with Crippen molar-refractivity contribution in [2.75, 3.05) is 18.0 Å². The van der Waals surface area contributed by atoms with E-state index in [2.05, 4.69) is 17.1 Å².